The number of carbonyl (C=O) groups is 2. The first-order valence-corrected chi connectivity index (χ1v) is 9.71. The summed E-state index contributed by atoms with van der Waals surface area (Å²) in [5.74, 6) is -0.830. The lowest BCUT2D eigenvalue weighted by Gasteiger charge is -2.27. The number of nitrogens with zero attached hydrogens (tertiary/aromatic N) is 1. The lowest BCUT2D eigenvalue weighted by molar-refractivity contribution is -0.129. The Kier molecular flexibility index (Phi) is 5.53. The molecule has 2 N–H and O–H groups in total. The minimum atomic E-state index is -0.534. The van der Waals surface area contributed by atoms with Gasteiger partial charge in [0.15, 0.2) is 0 Å². The van der Waals surface area contributed by atoms with Crippen LogP contribution in [-0.2, 0) is 18.3 Å². The second-order valence-corrected chi connectivity index (χ2v) is 8.68. The molecular weight excluding hydrogens is 381 g/mol. The zero-order chi connectivity index (χ0) is 20.6. The van der Waals surface area contributed by atoms with E-state index in [-0.39, 0.29) is 22.9 Å². The van der Waals surface area contributed by atoms with Crippen molar-refractivity contribution >= 4 is 29.1 Å². The molecule has 1 aliphatic carbocycles. The van der Waals surface area contributed by atoms with Gasteiger partial charge in [0.25, 0.3) is 5.91 Å². The fraction of sp³-hybridized carbons (Fsp3) is 0.429. The molecule has 2 aromatic rings. The van der Waals surface area contributed by atoms with E-state index in [9.17, 15) is 14.0 Å². The van der Waals surface area contributed by atoms with Crippen LogP contribution in [0.2, 0.25) is 5.02 Å². The standard InChI is InChI=1S/C21H25ClFN3O2/c1-21(2,3)20(28)25-17-7-5-6-13-14(17)11-26(4)18(13)19(27)24-12-8-9-16(23)15(22)10-12/h8-11,17H,5-7H2,1-4H3,(H,24,27)(H,25,28). The Hall–Kier alpha value is -2.34. The lowest BCUT2D eigenvalue weighted by atomic mass is 9.87. The molecule has 28 heavy (non-hydrogen) atoms. The van der Waals surface area contributed by atoms with Crippen molar-refractivity contribution in [3.05, 3.63) is 52.1 Å². The van der Waals surface area contributed by atoms with Gasteiger partial charge in [-0.3, -0.25) is 9.59 Å². The fourth-order valence-corrected chi connectivity index (χ4v) is 3.67. The van der Waals surface area contributed by atoms with Crippen LogP contribution in [0.5, 0.6) is 0 Å². The number of hydrogen-bond acceptors (Lipinski definition) is 2. The van der Waals surface area contributed by atoms with E-state index in [1.54, 1.807) is 4.57 Å². The normalized spacial score (nSPS) is 16.4. The van der Waals surface area contributed by atoms with Gasteiger partial charge in [0.05, 0.1) is 11.1 Å². The van der Waals surface area contributed by atoms with Crippen molar-refractivity contribution in [3.63, 3.8) is 0 Å². The highest BCUT2D eigenvalue weighted by atomic mass is 35.5. The summed E-state index contributed by atoms with van der Waals surface area (Å²) in [4.78, 5) is 25.3. The third kappa shape index (κ3) is 4.07. The van der Waals surface area contributed by atoms with Gasteiger partial charge in [-0.05, 0) is 48.6 Å². The molecule has 0 radical (unpaired) electrons. The molecule has 1 unspecified atom stereocenters. The Morgan fingerprint density at radius 3 is 2.64 bits per heavy atom. The summed E-state index contributed by atoms with van der Waals surface area (Å²) in [5.41, 5.74) is 2.42. The Bertz CT molecular complexity index is 930. The van der Waals surface area contributed by atoms with Crippen molar-refractivity contribution < 1.29 is 14.0 Å². The van der Waals surface area contributed by atoms with Crippen LogP contribution in [-0.4, -0.2) is 16.4 Å². The van der Waals surface area contributed by atoms with E-state index in [0.29, 0.717) is 11.4 Å². The molecule has 0 spiro atoms. The predicted molar refractivity (Wildman–Crippen MR) is 108 cm³/mol. The molecule has 3 rings (SSSR count). The van der Waals surface area contributed by atoms with E-state index < -0.39 is 11.2 Å². The van der Waals surface area contributed by atoms with Gasteiger partial charge in [-0.2, -0.15) is 0 Å². The SMILES string of the molecule is Cn1cc2c(c1C(=O)Nc1ccc(F)c(Cl)c1)CCCC2NC(=O)C(C)(C)C. The first-order chi connectivity index (χ1) is 13.1. The van der Waals surface area contributed by atoms with Crippen molar-refractivity contribution in [1.29, 1.82) is 0 Å². The molecule has 0 saturated heterocycles. The van der Waals surface area contributed by atoms with E-state index >= 15 is 0 Å². The van der Waals surface area contributed by atoms with Gasteiger partial charge in [0.2, 0.25) is 5.91 Å². The number of anilines is 1. The van der Waals surface area contributed by atoms with Gasteiger partial charge >= 0.3 is 0 Å². The van der Waals surface area contributed by atoms with Crippen LogP contribution in [0.15, 0.2) is 24.4 Å². The van der Waals surface area contributed by atoms with E-state index in [0.717, 1.165) is 30.4 Å². The van der Waals surface area contributed by atoms with Crippen LogP contribution >= 0.6 is 11.6 Å². The largest absolute Gasteiger partial charge is 0.349 e. The molecule has 0 fully saturated rings. The summed E-state index contributed by atoms with van der Waals surface area (Å²) in [6.45, 7) is 5.64. The van der Waals surface area contributed by atoms with Crippen LogP contribution in [0.4, 0.5) is 10.1 Å². The van der Waals surface area contributed by atoms with Crippen molar-refractivity contribution in [2.45, 2.75) is 46.1 Å². The summed E-state index contributed by atoms with van der Waals surface area (Å²) in [6.07, 6.45) is 4.40. The zero-order valence-electron chi connectivity index (χ0n) is 16.5. The molecule has 0 bridgehead atoms. The molecule has 1 heterocycles. The van der Waals surface area contributed by atoms with E-state index in [4.69, 9.17) is 11.6 Å². The molecule has 5 nitrogen and oxygen atoms in total. The third-order valence-corrected chi connectivity index (χ3v) is 5.28. The van der Waals surface area contributed by atoms with Gasteiger partial charge in [-0.25, -0.2) is 4.39 Å². The number of fused-ring (bicyclic) bond motifs is 1. The average Bonchev–Trinajstić information content (AvgIpc) is 2.94. The Morgan fingerprint density at radius 1 is 1.29 bits per heavy atom. The second kappa shape index (κ2) is 7.59. The van der Waals surface area contributed by atoms with Gasteiger partial charge in [-0.15, -0.1) is 0 Å². The molecule has 1 aromatic heterocycles. The maximum atomic E-state index is 13.3. The number of amides is 2. The molecule has 0 aliphatic heterocycles. The van der Waals surface area contributed by atoms with Gasteiger partial charge < -0.3 is 15.2 Å². The number of nitrogens with one attached hydrogen (secondary N) is 2. The van der Waals surface area contributed by atoms with Crippen LogP contribution in [0.25, 0.3) is 0 Å². The molecule has 7 heteroatoms. The predicted octanol–water partition coefficient (Wildman–Crippen LogP) is 4.61. The van der Waals surface area contributed by atoms with Crippen molar-refractivity contribution in [2.24, 2.45) is 12.5 Å². The molecule has 1 aromatic carbocycles. The van der Waals surface area contributed by atoms with E-state index in [1.807, 2.05) is 34.0 Å². The Balaban J connectivity index is 1.86. The summed E-state index contributed by atoms with van der Waals surface area (Å²) in [7, 11) is 1.81. The average molecular weight is 406 g/mol. The van der Waals surface area contributed by atoms with Crippen molar-refractivity contribution in [3.8, 4) is 0 Å². The van der Waals surface area contributed by atoms with Crippen LogP contribution in [0, 0.1) is 11.2 Å². The monoisotopic (exact) mass is 405 g/mol. The minimum Gasteiger partial charge on any atom is -0.349 e. The van der Waals surface area contributed by atoms with E-state index in [1.165, 1.54) is 18.2 Å². The smallest absolute Gasteiger partial charge is 0.272 e. The quantitative estimate of drug-likeness (QED) is 0.783. The maximum Gasteiger partial charge on any atom is 0.272 e. The zero-order valence-corrected chi connectivity index (χ0v) is 17.3. The van der Waals surface area contributed by atoms with Gasteiger partial charge in [0, 0.05) is 24.3 Å². The number of carbonyl (C=O) groups excluding carboxylic acids is 2. The van der Waals surface area contributed by atoms with Crippen molar-refractivity contribution in [1.82, 2.24) is 9.88 Å². The number of aromatic nitrogens is 1. The summed E-state index contributed by atoms with van der Waals surface area (Å²) >= 11 is 5.80. The maximum absolute atomic E-state index is 13.3. The first-order valence-electron chi connectivity index (χ1n) is 9.33. The molecule has 2 amide bonds. The number of aryl methyl sites for hydroxylation is 1. The highest BCUT2D eigenvalue weighted by Gasteiger charge is 2.31. The second-order valence-electron chi connectivity index (χ2n) is 8.27. The van der Waals surface area contributed by atoms with E-state index in [2.05, 4.69) is 10.6 Å². The third-order valence-electron chi connectivity index (χ3n) is 4.99. The summed E-state index contributed by atoms with van der Waals surface area (Å²) < 4.78 is 15.1. The summed E-state index contributed by atoms with van der Waals surface area (Å²) in [5, 5.41) is 5.86. The highest BCUT2D eigenvalue weighted by Crippen LogP contribution is 2.34. The van der Waals surface area contributed by atoms with Gasteiger partial charge in [0.1, 0.15) is 11.5 Å². The van der Waals surface area contributed by atoms with Crippen LogP contribution < -0.4 is 10.6 Å². The number of halogens is 2. The molecule has 150 valence electrons. The Morgan fingerprint density at radius 2 is 2.00 bits per heavy atom. The minimum absolute atomic E-state index is 0.0128. The summed E-state index contributed by atoms with van der Waals surface area (Å²) in [6, 6.07) is 3.97. The van der Waals surface area contributed by atoms with Crippen LogP contribution in [0.3, 0.4) is 0 Å². The van der Waals surface area contributed by atoms with Gasteiger partial charge in [-0.1, -0.05) is 32.4 Å². The molecule has 0 saturated carbocycles. The lowest BCUT2D eigenvalue weighted by Crippen LogP contribution is -2.38. The van der Waals surface area contributed by atoms with Crippen LogP contribution in [0.1, 0.15) is 61.3 Å². The van der Waals surface area contributed by atoms with Crippen molar-refractivity contribution in [2.75, 3.05) is 5.32 Å². The molecule has 1 atom stereocenters. The Labute approximate surface area is 169 Å². The number of rotatable bonds is 3. The first kappa shape index (κ1) is 20.4. The highest BCUT2D eigenvalue weighted by molar-refractivity contribution is 6.31. The fourth-order valence-electron chi connectivity index (χ4n) is 3.49. The number of hydrogen-bond donors (Lipinski definition) is 2. The molecule has 1 aliphatic rings. The topological polar surface area (TPSA) is 63.1 Å². The number of benzene rings is 1. The molecular formula is C21H25ClFN3O2.